The highest BCUT2D eigenvalue weighted by Gasteiger charge is 2.14. The second-order valence-electron chi connectivity index (χ2n) is 6.55. The molecule has 1 aliphatic rings. The standard InChI is InChI=1S/C21H21N3O3/c1-15-11-20(24(23-15)13-17-5-3-2-4-6-17)22-21(25)10-8-16-7-9-18-19(12-16)27-14-26-18/h2-7,9,11-12H,8,10,13-14H2,1H3,(H,22,25). The Balaban J connectivity index is 1.38. The third-order valence-corrected chi connectivity index (χ3v) is 4.42. The van der Waals surface area contributed by atoms with Gasteiger partial charge in [0.25, 0.3) is 0 Å². The van der Waals surface area contributed by atoms with Crippen molar-refractivity contribution < 1.29 is 14.3 Å². The summed E-state index contributed by atoms with van der Waals surface area (Å²) in [7, 11) is 0. The Morgan fingerprint density at radius 1 is 1.07 bits per heavy atom. The van der Waals surface area contributed by atoms with Crippen LogP contribution in [0.4, 0.5) is 5.82 Å². The van der Waals surface area contributed by atoms with Crippen molar-refractivity contribution >= 4 is 11.7 Å². The molecular formula is C21H21N3O3. The number of carbonyl (C=O) groups excluding carboxylic acids is 1. The van der Waals surface area contributed by atoms with Crippen LogP contribution in [0.1, 0.15) is 23.2 Å². The molecule has 0 saturated carbocycles. The summed E-state index contributed by atoms with van der Waals surface area (Å²) in [5.41, 5.74) is 3.05. The quantitative estimate of drug-likeness (QED) is 0.727. The number of nitrogens with zero attached hydrogens (tertiary/aromatic N) is 2. The minimum Gasteiger partial charge on any atom is -0.454 e. The van der Waals surface area contributed by atoms with E-state index >= 15 is 0 Å². The lowest BCUT2D eigenvalue weighted by Crippen LogP contribution is -2.16. The molecule has 0 spiro atoms. The molecule has 6 nitrogen and oxygen atoms in total. The van der Waals surface area contributed by atoms with Gasteiger partial charge in [0.1, 0.15) is 5.82 Å². The third kappa shape index (κ3) is 4.11. The van der Waals surface area contributed by atoms with Crippen LogP contribution < -0.4 is 14.8 Å². The zero-order chi connectivity index (χ0) is 18.6. The molecule has 1 amide bonds. The maximum atomic E-state index is 12.4. The molecule has 3 aromatic rings. The van der Waals surface area contributed by atoms with Crippen LogP contribution in [0.3, 0.4) is 0 Å². The molecule has 2 heterocycles. The zero-order valence-corrected chi connectivity index (χ0v) is 15.1. The van der Waals surface area contributed by atoms with E-state index in [-0.39, 0.29) is 12.7 Å². The normalized spacial score (nSPS) is 12.2. The number of amides is 1. The van der Waals surface area contributed by atoms with E-state index in [1.165, 1.54) is 0 Å². The van der Waals surface area contributed by atoms with E-state index in [1.54, 1.807) is 0 Å². The minimum atomic E-state index is -0.0399. The van der Waals surface area contributed by atoms with Gasteiger partial charge in [-0.15, -0.1) is 0 Å². The number of carbonyl (C=O) groups is 1. The summed E-state index contributed by atoms with van der Waals surface area (Å²) in [5.74, 6) is 2.17. The van der Waals surface area contributed by atoms with E-state index in [9.17, 15) is 4.79 Å². The predicted octanol–water partition coefficient (Wildman–Crippen LogP) is 3.54. The molecule has 2 aromatic carbocycles. The summed E-state index contributed by atoms with van der Waals surface area (Å²) in [6, 6.07) is 17.7. The summed E-state index contributed by atoms with van der Waals surface area (Å²) in [6.07, 6.45) is 1.02. The lowest BCUT2D eigenvalue weighted by Gasteiger charge is -2.09. The van der Waals surface area contributed by atoms with E-state index in [0.29, 0.717) is 25.2 Å². The van der Waals surface area contributed by atoms with Crippen LogP contribution in [-0.2, 0) is 17.8 Å². The van der Waals surface area contributed by atoms with Crippen LogP contribution in [0.15, 0.2) is 54.6 Å². The van der Waals surface area contributed by atoms with Gasteiger partial charge >= 0.3 is 0 Å². The van der Waals surface area contributed by atoms with Crippen molar-refractivity contribution in [2.75, 3.05) is 12.1 Å². The zero-order valence-electron chi connectivity index (χ0n) is 15.1. The molecule has 1 aliphatic heterocycles. The Kier molecular flexibility index (Phi) is 4.78. The molecule has 0 radical (unpaired) electrons. The average molecular weight is 363 g/mol. The van der Waals surface area contributed by atoms with Gasteiger partial charge in [0.2, 0.25) is 12.7 Å². The van der Waals surface area contributed by atoms with Crippen LogP contribution in [0.25, 0.3) is 0 Å². The number of rotatable bonds is 6. The van der Waals surface area contributed by atoms with Crippen LogP contribution in [-0.4, -0.2) is 22.5 Å². The topological polar surface area (TPSA) is 65.4 Å². The predicted molar refractivity (Wildman–Crippen MR) is 102 cm³/mol. The SMILES string of the molecule is Cc1cc(NC(=O)CCc2ccc3c(c2)OCO3)n(Cc2ccccc2)n1. The molecule has 6 heteroatoms. The number of ether oxygens (including phenoxy) is 2. The molecule has 138 valence electrons. The summed E-state index contributed by atoms with van der Waals surface area (Å²) in [6.45, 7) is 2.79. The Morgan fingerprint density at radius 3 is 2.74 bits per heavy atom. The van der Waals surface area contributed by atoms with Crippen molar-refractivity contribution in [2.45, 2.75) is 26.3 Å². The third-order valence-electron chi connectivity index (χ3n) is 4.42. The van der Waals surface area contributed by atoms with Gasteiger partial charge < -0.3 is 14.8 Å². The highest BCUT2D eigenvalue weighted by molar-refractivity contribution is 5.90. The van der Waals surface area contributed by atoms with E-state index < -0.39 is 0 Å². The van der Waals surface area contributed by atoms with Gasteiger partial charge in [0.05, 0.1) is 12.2 Å². The van der Waals surface area contributed by atoms with E-state index in [4.69, 9.17) is 9.47 Å². The fraction of sp³-hybridized carbons (Fsp3) is 0.238. The molecule has 1 N–H and O–H groups in total. The summed E-state index contributed by atoms with van der Waals surface area (Å²) in [4.78, 5) is 12.4. The molecular weight excluding hydrogens is 342 g/mol. The van der Waals surface area contributed by atoms with Crippen molar-refractivity contribution in [3.8, 4) is 11.5 Å². The number of anilines is 1. The second kappa shape index (κ2) is 7.53. The molecule has 1 aromatic heterocycles. The van der Waals surface area contributed by atoms with Gasteiger partial charge in [-0.1, -0.05) is 36.4 Å². The maximum Gasteiger partial charge on any atom is 0.231 e. The van der Waals surface area contributed by atoms with Gasteiger partial charge in [-0.25, -0.2) is 4.68 Å². The summed E-state index contributed by atoms with van der Waals surface area (Å²) < 4.78 is 12.5. The van der Waals surface area contributed by atoms with Crippen molar-refractivity contribution in [1.82, 2.24) is 9.78 Å². The van der Waals surface area contributed by atoms with Gasteiger partial charge in [0.15, 0.2) is 11.5 Å². The molecule has 0 unspecified atom stereocenters. The number of fused-ring (bicyclic) bond motifs is 1. The van der Waals surface area contributed by atoms with Crippen molar-refractivity contribution in [1.29, 1.82) is 0 Å². The molecule has 0 saturated heterocycles. The Bertz CT molecular complexity index is 951. The van der Waals surface area contributed by atoms with Gasteiger partial charge in [-0.05, 0) is 36.6 Å². The molecule has 0 bridgehead atoms. The number of aryl methyl sites for hydroxylation is 2. The Labute approximate surface area is 157 Å². The highest BCUT2D eigenvalue weighted by Crippen LogP contribution is 2.32. The fourth-order valence-corrected chi connectivity index (χ4v) is 3.08. The monoisotopic (exact) mass is 363 g/mol. The fourth-order valence-electron chi connectivity index (χ4n) is 3.08. The smallest absolute Gasteiger partial charge is 0.231 e. The number of hydrogen-bond acceptors (Lipinski definition) is 4. The number of hydrogen-bond donors (Lipinski definition) is 1. The van der Waals surface area contributed by atoms with Gasteiger partial charge in [-0.2, -0.15) is 5.10 Å². The number of benzene rings is 2. The molecule has 4 rings (SSSR count). The lowest BCUT2D eigenvalue weighted by atomic mass is 10.1. The van der Waals surface area contributed by atoms with Crippen LogP contribution in [0, 0.1) is 6.92 Å². The molecule has 0 aliphatic carbocycles. The Morgan fingerprint density at radius 2 is 1.89 bits per heavy atom. The second-order valence-corrected chi connectivity index (χ2v) is 6.55. The van der Waals surface area contributed by atoms with Crippen molar-refractivity contribution in [2.24, 2.45) is 0 Å². The number of nitrogens with one attached hydrogen (secondary N) is 1. The number of aromatic nitrogens is 2. The van der Waals surface area contributed by atoms with Crippen LogP contribution in [0.2, 0.25) is 0 Å². The largest absolute Gasteiger partial charge is 0.454 e. The molecule has 27 heavy (non-hydrogen) atoms. The van der Waals surface area contributed by atoms with Crippen molar-refractivity contribution in [3.63, 3.8) is 0 Å². The van der Waals surface area contributed by atoms with E-state index in [0.717, 1.165) is 28.3 Å². The summed E-state index contributed by atoms with van der Waals surface area (Å²) in [5, 5.41) is 7.47. The van der Waals surface area contributed by atoms with E-state index in [1.807, 2.05) is 66.2 Å². The maximum absolute atomic E-state index is 12.4. The van der Waals surface area contributed by atoms with Gasteiger partial charge in [0, 0.05) is 12.5 Å². The first-order chi connectivity index (χ1) is 13.2. The first kappa shape index (κ1) is 17.1. The summed E-state index contributed by atoms with van der Waals surface area (Å²) >= 11 is 0. The van der Waals surface area contributed by atoms with Gasteiger partial charge in [-0.3, -0.25) is 4.79 Å². The van der Waals surface area contributed by atoms with Crippen LogP contribution >= 0.6 is 0 Å². The average Bonchev–Trinajstić information content (AvgIpc) is 3.27. The minimum absolute atomic E-state index is 0.0399. The Hall–Kier alpha value is -3.28. The molecule has 0 fully saturated rings. The highest BCUT2D eigenvalue weighted by atomic mass is 16.7. The van der Waals surface area contributed by atoms with Crippen LogP contribution in [0.5, 0.6) is 11.5 Å². The first-order valence-electron chi connectivity index (χ1n) is 8.94. The lowest BCUT2D eigenvalue weighted by molar-refractivity contribution is -0.116. The molecule has 0 atom stereocenters. The first-order valence-corrected chi connectivity index (χ1v) is 8.94. The van der Waals surface area contributed by atoms with E-state index in [2.05, 4.69) is 10.4 Å². The van der Waals surface area contributed by atoms with Crippen molar-refractivity contribution in [3.05, 3.63) is 71.4 Å².